The molecule has 0 radical (unpaired) electrons. The van der Waals surface area contributed by atoms with Crippen LogP contribution in [-0.4, -0.2) is 0 Å². The Balaban J connectivity index is 2.41. The quantitative estimate of drug-likeness (QED) is 0.512. The van der Waals surface area contributed by atoms with Gasteiger partial charge in [0.2, 0.25) is 0 Å². The van der Waals surface area contributed by atoms with Gasteiger partial charge < -0.3 is 0 Å². The van der Waals surface area contributed by atoms with Crippen LogP contribution in [0, 0.1) is 17.8 Å². The van der Waals surface area contributed by atoms with E-state index in [1.807, 2.05) is 0 Å². The summed E-state index contributed by atoms with van der Waals surface area (Å²) in [5.41, 5.74) is 0. The highest BCUT2D eigenvalue weighted by Gasteiger charge is 2.41. The molecule has 0 amide bonds. The Kier molecular flexibility index (Phi) is 2.31. The van der Waals surface area contributed by atoms with E-state index >= 15 is 0 Å². The number of hydrogen-bond acceptors (Lipinski definition) is 0. The van der Waals surface area contributed by atoms with Crippen molar-refractivity contribution in [3.63, 3.8) is 0 Å². The minimum atomic E-state index is 0.834. The summed E-state index contributed by atoms with van der Waals surface area (Å²) < 4.78 is 0. The number of rotatable bonds is 2. The van der Waals surface area contributed by atoms with Crippen molar-refractivity contribution in [2.75, 3.05) is 0 Å². The highest BCUT2D eigenvalue weighted by molar-refractivity contribution is 5.13. The minimum absolute atomic E-state index is 0.834. The first kappa shape index (κ1) is 7.59. The smallest absolute Gasteiger partial charge is 0.0136 e. The fraction of sp³-hybridized carbons (Fsp3) is 0.600. The van der Waals surface area contributed by atoms with E-state index in [1.54, 1.807) is 0 Å². The third-order valence-electron chi connectivity index (χ3n) is 2.35. The van der Waals surface area contributed by atoms with Crippen molar-refractivity contribution >= 4 is 0 Å². The molecule has 56 valence electrons. The molecule has 0 aliphatic heterocycles. The first-order chi connectivity index (χ1) is 4.81. The van der Waals surface area contributed by atoms with Gasteiger partial charge in [-0.2, -0.15) is 0 Å². The monoisotopic (exact) mass is 136 g/mol. The van der Waals surface area contributed by atoms with Crippen LogP contribution in [-0.2, 0) is 0 Å². The molecule has 0 heteroatoms. The summed E-state index contributed by atoms with van der Waals surface area (Å²) in [6.07, 6.45) is 8.94. The van der Waals surface area contributed by atoms with Crippen LogP contribution < -0.4 is 0 Å². The second-order valence-electron chi connectivity index (χ2n) is 3.07. The molecule has 3 unspecified atom stereocenters. The second-order valence-corrected chi connectivity index (χ2v) is 3.07. The Morgan fingerprint density at radius 1 is 0.900 bits per heavy atom. The molecule has 0 bridgehead atoms. The van der Waals surface area contributed by atoms with Crippen molar-refractivity contribution < 1.29 is 0 Å². The van der Waals surface area contributed by atoms with Crippen LogP contribution in [0.25, 0.3) is 0 Å². The van der Waals surface area contributed by atoms with Crippen molar-refractivity contribution in [3.05, 3.63) is 24.3 Å². The normalized spacial score (nSPS) is 39.7. The van der Waals surface area contributed by atoms with Gasteiger partial charge in [-0.15, -0.1) is 0 Å². The zero-order valence-corrected chi connectivity index (χ0v) is 7.04. The van der Waals surface area contributed by atoms with Crippen molar-refractivity contribution in [3.8, 4) is 0 Å². The molecule has 0 aromatic carbocycles. The Morgan fingerprint density at radius 3 is 1.60 bits per heavy atom. The van der Waals surface area contributed by atoms with Crippen LogP contribution in [0.2, 0.25) is 0 Å². The van der Waals surface area contributed by atoms with Gasteiger partial charge >= 0.3 is 0 Å². The first-order valence-corrected chi connectivity index (χ1v) is 4.07. The summed E-state index contributed by atoms with van der Waals surface area (Å²) in [4.78, 5) is 0. The molecule has 1 aliphatic carbocycles. The van der Waals surface area contributed by atoms with Gasteiger partial charge in [0.15, 0.2) is 0 Å². The number of hydrogen-bond donors (Lipinski definition) is 0. The molecule has 0 heterocycles. The van der Waals surface area contributed by atoms with Gasteiger partial charge in [0.1, 0.15) is 0 Å². The molecule has 1 fully saturated rings. The average molecular weight is 136 g/mol. The lowest BCUT2D eigenvalue weighted by Crippen LogP contribution is -1.69. The van der Waals surface area contributed by atoms with Gasteiger partial charge in [-0.3, -0.25) is 0 Å². The Hall–Kier alpha value is -0.520. The van der Waals surface area contributed by atoms with E-state index in [4.69, 9.17) is 0 Å². The fourth-order valence-electron chi connectivity index (χ4n) is 1.58. The zero-order valence-electron chi connectivity index (χ0n) is 7.04. The van der Waals surface area contributed by atoms with Crippen LogP contribution >= 0.6 is 0 Å². The molecule has 0 N–H and O–H groups in total. The van der Waals surface area contributed by atoms with E-state index < -0.39 is 0 Å². The summed E-state index contributed by atoms with van der Waals surface area (Å²) in [5.74, 6) is 2.55. The van der Waals surface area contributed by atoms with Crippen molar-refractivity contribution in [1.29, 1.82) is 0 Å². The third-order valence-corrected chi connectivity index (χ3v) is 2.35. The van der Waals surface area contributed by atoms with E-state index in [0.717, 1.165) is 17.8 Å². The topological polar surface area (TPSA) is 0 Å². The zero-order chi connectivity index (χ0) is 7.56. The van der Waals surface area contributed by atoms with Crippen molar-refractivity contribution in [2.24, 2.45) is 17.8 Å². The predicted octanol–water partition coefficient (Wildman–Crippen LogP) is 3.02. The molecular formula is C10H16. The van der Waals surface area contributed by atoms with E-state index in [2.05, 4.69) is 45.1 Å². The summed E-state index contributed by atoms with van der Waals surface area (Å²) in [5, 5.41) is 0. The van der Waals surface area contributed by atoms with E-state index in [9.17, 15) is 0 Å². The summed E-state index contributed by atoms with van der Waals surface area (Å²) >= 11 is 0. The molecule has 0 aromatic heterocycles. The maximum atomic E-state index is 2.31. The van der Waals surface area contributed by atoms with Crippen LogP contribution in [0.5, 0.6) is 0 Å². The van der Waals surface area contributed by atoms with Crippen LogP contribution in [0.15, 0.2) is 24.3 Å². The predicted molar refractivity (Wildman–Crippen MR) is 45.8 cm³/mol. The molecule has 1 saturated carbocycles. The molecule has 1 aliphatic rings. The minimum Gasteiger partial charge on any atom is -0.0914 e. The van der Waals surface area contributed by atoms with Crippen LogP contribution in [0.1, 0.15) is 20.8 Å². The van der Waals surface area contributed by atoms with Crippen LogP contribution in [0.3, 0.4) is 0 Å². The van der Waals surface area contributed by atoms with E-state index in [0.29, 0.717) is 0 Å². The summed E-state index contributed by atoms with van der Waals surface area (Å²) in [7, 11) is 0. The van der Waals surface area contributed by atoms with Gasteiger partial charge in [-0.1, -0.05) is 31.2 Å². The lowest BCUT2D eigenvalue weighted by Gasteiger charge is -1.80. The molecule has 0 aromatic rings. The van der Waals surface area contributed by atoms with E-state index in [1.165, 1.54) is 0 Å². The standard InChI is InChI=1S/C10H16/c1-4-6-9-8(3)10(9)7-5-2/h4-10H,1-3H3/b6-4-,7-5+. The largest absolute Gasteiger partial charge is 0.0914 e. The molecule has 0 nitrogen and oxygen atoms in total. The Bertz CT molecular complexity index is 135. The van der Waals surface area contributed by atoms with Crippen molar-refractivity contribution in [1.82, 2.24) is 0 Å². The van der Waals surface area contributed by atoms with Crippen LogP contribution in [0.4, 0.5) is 0 Å². The molecule has 10 heavy (non-hydrogen) atoms. The third kappa shape index (κ3) is 1.31. The molecule has 0 saturated heterocycles. The van der Waals surface area contributed by atoms with Crippen molar-refractivity contribution in [2.45, 2.75) is 20.8 Å². The SMILES string of the molecule is C/C=C\C1C(C)C1/C=C/C. The van der Waals surface area contributed by atoms with Gasteiger partial charge in [0.25, 0.3) is 0 Å². The molecule has 1 rings (SSSR count). The molecular weight excluding hydrogens is 120 g/mol. The maximum absolute atomic E-state index is 2.31. The highest BCUT2D eigenvalue weighted by Crippen LogP contribution is 2.47. The van der Waals surface area contributed by atoms with E-state index in [-0.39, 0.29) is 0 Å². The highest BCUT2D eigenvalue weighted by atomic mass is 14.5. The van der Waals surface area contributed by atoms with Gasteiger partial charge in [0.05, 0.1) is 0 Å². The lowest BCUT2D eigenvalue weighted by molar-refractivity contribution is 0.880. The Morgan fingerprint density at radius 2 is 1.30 bits per heavy atom. The maximum Gasteiger partial charge on any atom is -0.0136 e. The number of allylic oxidation sites excluding steroid dienone is 4. The van der Waals surface area contributed by atoms with Gasteiger partial charge in [-0.05, 0) is 31.6 Å². The Labute approximate surface area is 63.6 Å². The molecule has 3 atom stereocenters. The lowest BCUT2D eigenvalue weighted by atomic mass is 10.3. The first-order valence-electron chi connectivity index (χ1n) is 4.07. The fourth-order valence-corrected chi connectivity index (χ4v) is 1.58. The summed E-state index contributed by atoms with van der Waals surface area (Å²) in [6, 6.07) is 0. The van der Waals surface area contributed by atoms with Gasteiger partial charge in [0, 0.05) is 0 Å². The second kappa shape index (κ2) is 3.05. The summed E-state index contributed by atoms with van der Waals surface area (Å²) in [6.45, 7) is 6.50. The van der Waals surface area contributed by atoms with Gasteiger partial charge in [-0.25, -0.2) is 0 Å². The average Bonchev–Trinajstić information content (AvgIpc) is 2.48. The molecule has 0 spiro atoms.